The van der Waals surface area contributed by atoms with Crippen molar-refractivity contribution in [3.63, 3.8) is 0 Å². The lowest BCUT2D eigenvalue weighted by atomic mass is 10.1. The van der Waals surface area contributed by atoms with Crippen LogP contribution < -0.4 is 10.5 Å². The fourth-order valence-electron chi connectivity index (χ4n) is 1.64. The van der Waals surface area contributed by atoms with Gasteiger partial charge in [0.1, 0.15) is 0 Å². The van der Waals surface area contributed by atoms with Crippen LogP contribution in [0.4, 0.5) is 5.13 Å². The molecule has 0 saturated heterocycles. The maximum atomic E-state index is 11.6. The SMILES string of the molecule is CCN(CC(C)(C)O)c1nn2c(=O)ccnc2s1. The molecule has 6 nitrogen and oxygen atoms in total. The number of aliphatic hydroxyl groups is 1. The number of hydrogen-bond acceptors (Lipinski definition) is 6. The third-order valence-electron chi connectivity index (χ3n) is 2.39. The van der Waals surface area contributed by atoms with E-state index in [9.17, 15) is 9.90 Å². The van der Waals surface area contributed by atoms with E-state index in [0.717, 1.165) is 0 Å². The number of fused-ring (bicyclic) bond motifs is 1. The Labute approximate surface area is 109 Å². The maximum Gasteiger partial charge on any atom is 0.275 e. The highest BCUT2D eigenvalue weighted by molar-refractivity contribution is 7.20. The molecule has 18 heavy (non-hydrogen) atoms. The summed E-state index contributed by atoms with van der Waals surface area (Å²) in [7, 11) is 0. The van der Waals surface area contributed by atoms with Crippen molar-refractivity contribution in [2.24, 2.45) is 0 Å². The predicted molar refractivity (Wildman–Crippen MR) is 71.3 cm³/mol. The van der Waals surface area contributed by atoms with Gasteiger partial charge in [-0.25, -0.2) is 4.98 Å². The lowest BCUT2D eigenvalue weighted by Gasteiger charge is -2.27. The average molecular weight is 268 g/mol. The molecule has 0 radical (unpaired) electrons. The first-order valence-corrected chi connectivity index (χ1v) is 6.54. The van der Waals surface area contributed by atoms with E-state index >= 15 is 0 Å². The van der Waals surface area contributed by atoms with Gasteiger partial charge < -0.3 is 10.0 Å². The van der Waals surface area contributed by atoms with Crippen molar-refractivity contribution in [2.45, 2.75) is 26.4 Å². The Kier molecular flexibility index (Phi) is 3.36. The van der Waals surface area contributed by atoms with E-state index in [0.29, 0.717) is 23.2 Å². The number of likely N-dealkylation sites (N-methyl/N-ethyl adjacent to an activating group) is 1. The fourth-order valence-corrected chi connectivity index (χ4v) is 2.58. The van der Waals surface area contributed by atoms with E-state index in [4.69, 9.17) is 0 Å². The zero-order valence-electron chi connectivity index (χ0n) is 10.6. The summed E-state index contributed by atoms with van der Waals surface area (Å²) in [6, 6.07) is 1.38. The van der Waals surface area contributed by atoms with E-state index in [1.807, 2.05) is 11.8 Å². The van der Waals surface area contributed by atoms with Crippen LogP contribution in [0.2, 0.25) is 0 Å². The highest BCUT2D eigenvalue weighted by Crippen LogP contribution is 2.22. The highest BCUT2D eigenvalue weighted by atomic mass is 32.1. The van der Waals surface area contributed by atoms with Crippen molar-refractivity contribution in [1.82, 2.24) is 14.6 Å². The molecule has 0 aliphatic carbocycles. The molecule has 98 valence electrons. The molecule has 2 aromatic rings. The monoisotopic (exact) mass is 268 g/mol. The van der Waals surface area contributed by atoms with E-state index < -0.39 is 5.60 Å². The van der Waals surface area contributed by atoms with Gasteiger partial charge in [0.2, 0.25) is 10.1 Å². The maximum absolute atomic E-state index is 11.6. The predicted octanol–water partition coefficient (Wildman–Crippen LogP) is 0.748. The second-order valence-corrected chi connectivity index (χ2v) is 5.62. The summed E-state index contributed by atoms with van der Waals surface area (Å²) in [4.78, 5) is 18.2. The van der Waals surface area contributed by atoms with Crippen LogP contribution in [0.15, 0.2) is 17.1 Å². The van der Waals surface area contributed by atoms with E-state index in [1.165, 1.54) is 28.1 Å². The van der Waals surface area contributed by atoms with Crippen LogP contribution in [0.3, 0.4) is 0 Å². The van der Waals surface area contributed by atoms with Gasteiger partial charge in [-0.05, 0) is 20.8 Å². The zero-order chi connectivity index (χ0) is 13.3. The number of nitrogens with zero attached hydrogens (tertiary/aromatic N) is 4. The van der Waals surface area contributed by atoms with Crippen LogP contribution in [-0.2, 0) is 0 Å². The summed E-state index contributed by atoms with van der Waals surface area (Å²) in [5.41, 5.74) is -1.01. The van der Waals surface area contributed by atoms with Crippen molar-refractivity contribution in [3.05, 3.63) is 22.6 Å². The van der Waals surface area contributed by atoms with Crippen molar-refractivity contribution < 1.29 is 5.11 Å². The minimum absolute atomic E-state index is 0.193. The molecule has 7 heteroatoms. The van der Waals surface area contributed by atoms with E-state index in [1.54, 1.807) is 13.8 Å². The van der Waals surface area contributed by atoms with Crippen LogP contribution in [0.25, 0.3) is 4.96 Å². The summed E-state index contributed by atoms with van der Waals surface area (Å²) in [5.74, 6) is 0. The molecule has 0 aromatic carbocycles. The molecule has 0 aliphatic heterocycles. The average Bonchev–Trinajstić information content (AvgIpc) is 2.70. The molecule has 0 fully saturated rings. The number of aromatic nitrogens is 3. The summed E-state index contributed by atoms with van der Waals surface area (Å²) in [6.07, 6.45) is 1.48. The smallest absolute Gasteiger partial charge is 0.275 e. The van der Waals surface area contributed by atoms with Crippen LogP contribution in [-0.4, -0.2) is 38.4 Å². The first kappa shape index (κ1) is 13.0. The molecule has 0 amide bonds. The summed E-state index contributed by atoms with van der Waals surface area (Å²) < 4.78 is 1.28. The third kappa shape index (κ3) is 2.68. The third-order valence-corrected chi connectivity index (χ3v) is 3.37. The molecule has 0 unspecified atom stereocenters. The molecule has 0 atom stereocenters. The molecule has 2 aromatic heterocycles. The molecule has 0 aliphatic rings. The first-order chi connectivity index (χ1) is 8.40. The van der Waals surface area contributed by atoms with Gasteiger partial charge in [0.25, 0.3) is 5.56 Å². The minimum Gasteiger partial charge on any atom is -0.389 e. The van der Waals surface area contributed by atoms with Crippen molar-refractivity contribution >= 4 is 21.4 Å². The number of hydrogen-bond donors (Lipinski definition) is 1. The molecular formula is C11H16N4O2S. The lowest BCUT2D eigenvalue weighted by molar-refractivity contribution is 0.0875. The van der Waals surface area contributed by atoms with Gasteiger partial charge in [-0.15, -0.1) is 5.10 Å². The normalized spacial score (nSPS) is 12.0. The highest BCUT2D eigenvalue weighted by Gasteiger charge is 2.20. The van der Waals surface area contributed by atoms with Crippen molar-refractivity contribution in [1.29, 1.82) is 0 Å². The second kappa shape index (κ2) is 4.66. The Balaban J connectivity index is 2.40. The van der Waals surface area contributed by atoms with Crippen LogP contribution in [0.5, 0.6) is 0 Å². The number of rotatable bonds is 4. The minimum atomic E-state index is -0.813. The Morgan fingerprint density at radius 3 is 2.83 bits per heavy atom. The van der Waals surface area contributed by atoms with E-state index in [-0.39, 0.29) is 5.56 Å². The molecule has 0 saturated carbocycles. The van der Waals surface area contributed by atoms with Crippen LogP contribution >= 0.6 is 11.3 Å². The molecule has 2 rings (SSSR count). The van der Waals surface area contributed by atoms with Gasteiger partial charge in [-0.1, -0.05) is 11.3 Å². The van der Waals surface area contributed by atoms with Gasteiger partial charge in [0, 0.05) is 25.4 Å². The largest absolute Gasteiger partial charge is 0.389 e. The second-order valence-electron chi connectivity index (χ2n) is 4.69. The quantitative estimate of drug-likeness (QED) is 0.886. The summed E-state index contributed by atoms with van der Waals surface area (Å²) in [5, 5.41) is 14.8. The topological polar surface area (TPSA) is 70.7 Å². The Bertz CT molecular complexity index is 599. The van der Waals surface area contributed by atoms with Crippen molar-refractivity contribution in [3.8, 4) is 0 Å². The van der Waals surface area contributed by atoms with E-state index in [2.05, 4.69) is 10.1 Å². The Morgan fingerprint density at radius 2 is 2.28 bits per heavy atom. The van der Waals surface area contributed by atoms with Crippen LogP contribution in [0.1, 0.15) is 20.8 Å². The van der Waals surface area contributed by atoms with Crippen molar-refractivity contribution in [2.75, 3.05) is 18.0 Å². The molecular weight excluding hydrogens is 252 g/mol. The van der Waals surface area contributed by atoms with Gasteiger partial charge >= 0.3 is 0 Å². The molecule has 1 N–H and O–H groups in total. The first-order valence-electron chi connectivity index (χ1n) is 5.73. The van der Waals surface area contributed by atoms with Gasteiger partial charge in [0.05, 0.1) is 5.60 Å². The number of anilines is 1. The lowest BCUT2D eigenvalue weighted by Crippen LogP contribution is -2.38. The summed E-state index contributed by atoms with van der Waals surface area (Å²) in [6.45, 7) is 6.63. The fraction of sp³-hybridized carbons (Fsp3) is 0.545. The molecule has 0 spiro atoms. The van der Waals surface area contributed by atoms with Gasteiger partial charge in [-0.3, -0.25) is 4.79 Å². The Hall–Kier alpha value is -1.47. The Morgan fingerprint density at radius 1 is 1.56 bits per heavy atom. The van der Waals surface area contributed by atoms with Gasteiger partial charge in [-0.2, -0.15) is 4.52 Å². The zero-order valence-corrected chi connectivity index (χ0v) is 11.4. The molecule has 0 bridgehead atoms. The van der Waals surface area contributed by atoms with Crippen LogP contribution in [0, 0.1) is 0 Å². The van der Waals surface area contributed by atoms with Gasteiger partial charge in [0.15, 0.2) is 0 Å². The summed E-state index contributed by atoms with van der Waals surface area (Å²) >= 11 is 1.34. The standard InChI is InChI=1S/C11H16N4O2S/c1-4-14(7-11(2,3)17)10-13-15-8(16)5-6-12-9(15)18-10/h5-6,17H,4,7H2,1-3H3. The molecule has 2 heterocycles.